The number of aryl methyl sites for hydroxylation is 1. The lowest BCUT2D eigenvalue weighted by molar-refractivity contribution is 0.331. The Labute approximate surface area is 207 Å². The van der Waals surface area contributed by atoms with Gasteiger partial charge in [0.15, 0.2) is 0 Å². The van der Waals surface area contributed by atoms with Gasteiger partial charge in [-0.3, -0.25) is 20.0 Å². The molecule has 7 heterocycles. The van der Waals surface area contributed by atoms with Crippen LogP contribution in [-0.4, -0.2) is 57.7 Å². The van der Waals surface area contributed by atoms with Crippen LogP contribution in [0.5, 0.6) is 0 Å². The molecule has 9 heteroatoms. The van der Waals surface area contributed by atoms with E-state index in [1.54, 1.807) is 0 Å². The van der Waals surface area contributed by atoms with Crippen molar-refractivity contribution in [2.45, 2.75) is 26.3 Å². The van der Waals surface area contributed by atoms with Crippen LogP contribution >= 0.6 is 0 Å². The van der Waals surface area contributed by atoms with Crippen LogP contribution in [0, 0.1) is 6.92 Å². The maximum absolute atomic E-state index is 5.01. The highest BCUT2D eigenvalue weighted by molar-refractivity contribution is 5.96. The van der Waals surface area contributed by atoms with E-state index in [0.29, 0.717) is 0 Å². The predicted octanol–water partition coefficient (Wildman–Crippen LogP) is 4.65. The van der Waals surface area contributed by atoms with Gasteiger partial charge < -0.3 is 9.55 Å². The second-order valence-corrected chi connectivity index (χ2v) is 9.46. The van der Waals surface area contributed by atoms with E-state index in [-0.39, 0.29) is 0 Å². The molecule has 1 aliphatic heterocycles. The fourth-order valence-corrected chi connectivity index (χ4v) is 5.08. The number of hydrogen-bond acceptors (Lipinski definition) is 6. The van der Waals surface area contributed by atoms with Gasteiger partial charge in [0, 0.05) is 36.1 Å². The Hall–Kier alpha value is -4.37. The molecular weight excluding hydrogens is 450 g/mol. The number of likely N-dealkylation sites (tertiary alicyclic amines) is 1. The fraction of sp³-hybridized carbons (Fsp3) is 0.222. The zero-order valence-electron chi connectivity index (χ0n) is 19.9. The smallest absolute Gasteiger partial charge is 0.135 e. The first-order valence-corrected chi connectivity index (χ1v) is 12.2. The summed E-state index contributed by atoms with van der Waals surface area (Å²) in [5.41, 5.74) is 9.32. The highest BCUT2D eigenvalue weighted by atomic mass is 15.1. The monoisotopic (exact) mass is 475 g/mol. The normalized spacial score (nSPS) is 14.4. The van der Waals surface area contributed by atoms with Crippen molar-refractivity contribution in [1.29, 1.82) is 0 Å². The summed E-state index contributed by atoms with van der Waals surface area (Å²) in [7, 11) is 0. The minimum atomic E-state index is 0.775. The summed E-state index contributed by atoms with van der Waals surface area (Å²) >= 11 is 0. The molecule has 6 aromatic rings. The van der Waals surface area contributed by atoms with Crippen LogP contribution in [0.3, 0.4) is 0 Å². The molecule has 0 unspecified atom stereocenters. The standard InChI is InChI=1S/C27H25N9/c1-17-14-36(16-30-17)25-13-29-12-24-20(25)9-23(31-24)27-26-22(33-34-27)5-4-21(32-26)19-8-18(10-28-11-19)15-35-6-2-3-7-35/h4-5,8-14,16,31H,2-3,6-7,15H2,1H3,(H,33,34). The van der Waals surface area contributed by atoms with Crippen molar-refractivity contribution in [3.05, 3.63) is 72.8 Å². The van der Waals surface area contributed by atoms with E-state index < -0.39 is 0 Å². The summed E-state index contributed by atoms with van der Waals surface area (Å²) in [6, 6.07) is 8.36. The number of aromatic nitrogens is 8. The lowest BCUT2D eigenvalue weighted by Gasteiger charge is -2.14. The predicted molar refractivity (Wildman–Crippen MR) is 139 cm³/mol. The van der Waals surface area contributed by atoms with E-state index in [9.17, 15) is 0 Å². The molecule has 1 fully saturated rings. The van der Waals surface area contributed by atoms with Gasteiger partial charge in [-0.1, -0.05) is 0 Å². The molecular formula is C27H25N9. The first-order chi connectivity index (χ1) is 17.7. The Morgan fingerprint density at radius 3 is 2.72 bits per heavy atom. The Balaban J connectivity index is 1.28. The molecule has 0 radical (unpaired) electrons. The maximum Gasteiger partial charge on any atom is 0.135 e. The third-order valence-corrected chi connectivity index (χ3v) is 6.87. The van der Waals surface area contributed by atoms with Gasteiger partial charge in [0.05, 0.1) is 52.5 Å². The van der Waals surface area contributed by atoms with E-state index >= 15 is 0 Å². The topological polar surface area (TPSA) is 104 Å². The molecule has 0 amide bonds. The van der Waals surface area contributed by atoms with Crippen LogP contribution in [-0.2, 0) is 6.54 Å². The molecule has 6 aromatic heterocycles. The Kier molecular flexibility index (Phi) is 4.88. The SMILES string of the molecule is Cc1cn(-c2cncc3[nH]c(-c4n[nH]c5ccc(-c6cncc(CN7CCCC7)c6)nc45)cc23)cn1. The molecule has 0 saturated carbocycles. The summed E-state index contributed by atoms with van der Waals surface area (Å²) in [5, 5.41) is 8.79. The maximum atomic E-state index is 5.01. The quantitative estimate of drug-likeness (QED) is 0.376. The first-order valence-electron chi connectivity index (χ1n) is 12.2. The molecule has 36 heavy (non-hydrogen) atoms. The second kappa shape index (κ2) is 8.39. The third-order valence-electron chi connectivity index (χ3n) is 6.87. The van der Waals surface area contributed by atoms with E-state index in [1.165, 1.54) is 18.4 Å². The van der Waals surface area contributed by atoms with Crippen molar-refractivity contribution in [3.63, 3.8) is 0 Å². The van der Waals surface area contributed by atoms with Gasteiger partial charge in [0.1, 0.15) is 11.2 Å². The summed E-state index contributed by atoms with van der Waals surface area (Å²) in [6.45, 7) is 5.23. The zero-order chi connectivity index (χ0) is 24.1. The van der Waals surface area contributed by atoms with Crippen LogP contribution in [0.15, 0.2) is 61.6 Å². The van der Waals surface area contributed by atoms with Crippen LogP contribution in [0.25, 0.3) is 50.3 Å². The van der Waals surface area contributed by atoms with Crippen LogP contribution in [0.4, 0.5) is 0 Å². The van der Waals surface area contributed by atoms with Crippen molar-refractivity contribution < 1.29 is 0 Å². The van der Waals surface area contributed by atoms with Gasteiger partial charge in [-0.05, 0) is 62.7 Å². The average Bonchev–Trinajstić information content (AvgIpc) is 3.70. The van der Waals surface area contributed by atoms with Crippen molar-refractivity contribution in [1.82, 2.24) is 44.6 Å². The third kappa shape index (κ3) is 3.64. The Bertz CT molecular complexity index is 1700. The highest BCUT2D eigenvalue weighted by Crippen LogP contribution is 2.31. The van der Waals surface area contributed by atoms with Crippen molar-refractivity contribution in [2.75, 3.05) is 13.1 Å². The Morgan fingerprint density at radius 1 is 0.972 bits per heavy atom. The number of imidazole rings is 1. The molecule has 1 aliphatic rings. The second-order valence-electron chi connectivity index (χ2n) is 9.46. The molecule has 0 atom stereocenters. The fourth-order valence-electron chi connectivity index (χ4n) is 5.08. The van der Waals surface area contributed by atoms with E-state index in [1.807, 2.05) is 60.9 Å². The van der Waals surface area contributed by atoms with Crippen LogP contribution in [0.1, 0.15) is 24.1 Å². The molecule has 0 spiro atoms. The number of H-pyrrole nitrogens is 2. The van der Waals surface area contributed by atoms with Crippen LogP contribution in [0.2, 0.25) is 0 Å². The number of aromatic amines is 2. The highest BCUT2D eigenvalue weighted by Gasteiger charge is 2.17. The number of rotatable bonds is 5. The number of fused-ring (bicyclic) bond motifs is 2. The number of nitrogens with zero attached hydrogens (tertiary/aromatic N) is 7. The zero-order valence-corrected chi connectivity index (χ0v) is 19.9. The van der Waals surface area contributed by atoms with E-state index in [2.05, 4.69) is 47.2 Å². The van der Waals surface area contributed by atoms with E-state index in [0.717, 1.165) is 75.6 Å². The molecule has 9 nitrogen and oxygen atoms in total. The summed E-state index contributed by atoms with van der Waals surface area (Å²) in [6.07, 6.45) is 13.9. The van der Waals surface area contributed by atoms with Crippen molar-refractivity contribution in [2.24, 2.45) is 0 Å². The largest absolute Gasteiger partial charge is 0.352 e. The van der Waals surface area contributed by atoms with Gasteiger partial charge in [-0.2, -0.15) is 5.10 Å². The molecule has 0 bridgehead atoms. The van der Waals surface area contributed by atoms with Crippen molar-refractivity contribution in [3.8, 4) is 28.3 Å². The average molecular weight is 476 g/mol. The molecule has 7 rings (SSSR count). The number of nitrogens with one attached hydrogen (secondary N) is 2. The van der Waals surface area contributed by atoms with Crippen molar-refractivity contribution >= 4 is 21.9 Å². The molecule has 1 saturated heterocycles. The lowest BCUT2D eigenvalue weighted by atomic mass is 10.1. The minimum Gasteiger partial charge on any atom is -0.352 e. The number of hydrogen-bond donors (Lipinski definition) is 2. The Morgan fingerprint density at radius 2 is 1.86 bits per heavy atom. The number of pyridine rings is 3. The van der Waals surface area contributed by atoms with Gasteiger partial charge in [-0.25, -0.2) is 9.97 Å². The van der Waals surface area contributed by atoms with Gasteiger partial charge in [0.25, 0.3) is 0 Å². The molecule has 0 aliphatic carbocycles. The summed E-state index contributed by atoms with van der Waals surface area (Å²) < 4.78 is 1.99. The van der Waals surface area contributed by atoms with Gasteiger partial charge >= 0.3 is 0 Å². The first kappa shape index (κ1) is 21.0. The molecule has 2 N–H and O–H groups in total. The minimum absolute atomic E-state index is 0.775. The lowest BCUT2D eigenvalue weighted by Crippen LogP contribution is -2.18. The van der Waals surface area contributed by atoms with E-state index in [4.69, 9.17) is 4.98 Å². The molecule has 178 valence electrons. The van der Waals surface area contributed by atoms with Crippen LogP contribution < -0.4 is 0 Å². The summed E-state index contributed by atoms with van der Waals surface area (Å²) in [4.78, 5) is 24.3. The molecule has 0 aromatic carbocycles. The van der Waals surface area contributed by atoms with Gasteiger partial charge in [-0.15, -0.1) is 0 Å². The summed E-state index contributed by atoms with van der Waals surface area (Å²) in [5.74, 6) is 0. The van der Waals surface area contributed by atoms with Gasteiger partial charge in [0.2, 0.25) is 0 Å².